The first-order valence-electron chi connectivity index (χ1n) is 9.16. The van der Waals surface area contributed by atoms with Crippen LogP contribution in [-0.4, -0.2) is 36.6 Å². The lowest BCUT2D eigenvalue weighted by molar-refractivity contribution is -0.133. The van der Waals surface area contributed by atoms with Crippen LogP contribution in [0.5, 0.6) is 0 Å². The first kappa shape index (κ1) is 19.6. The number of hydrogen-bond acceptors (Lipinski definition) is 3. The molecule has 0 radical (unpaired) electrons. The van der Waals surface area contributed by atoms with Gasteiger partial charge in [0.05, 0.1) is 11.3 Å². The maximum atomic E-state index is 13.1. The third kappa shape index (κ3) is 3.77. The van der Waals surface area contributed by atoms with Gasteiger partial charge in [0.1, 0.15) is 0 Å². The molecule has 0 saturated carbocycles. The molecule has 1 aliphatic heterocycles. The Balaban J connectivity index is 1.90. The van der Waals surface area contributed by atoms with E-state index in [1.807, 2.05) is 62.1 Å². The smallest absolute Gasteiger partial charge is 0.243 e. The number of sulfonamides is 1. The van der Waals surface area contributed by atoms with Gasteiger partial charge in [-0.15, -0.1) is 0 Å². The predicted octanol–water partition coefficient (Wildman–Crippen LogP) is 3.36. The summed E-state index contributed by atoms with van der Waals surface area (Å²) in [5, 5.41) is 0. The van der Waals surface area contributed by atoms with Gasteiger partial charge in [-0.1, -0.05) is 36.4 Å². The van der Waals surface area contributed by atoms with Crippen LogP contribution in [0.3, 0.4) is 0 Å². The second kappa shape index (κ2) is 7.44. The minimum absolute atomic E-state index is 0.0399. The molecule has 0 fully saturated rings. The van der Waals surface area contributed by atoms with E-state index in [2.05, 4.69) is 0 Å². The minimum atomic E-state index is -3.66. The molecule has 1 amide bonds. The standard InChI is InChI=1S/C21H26N2O3S/c1-15(2)23-14-18-10-11-20(12-19(18)13-21(23)24)27(25,26)22(4)16(3)17-8-6-5-7-9-17/h5-12,15-16H,13-14H2,1-4H3. The number of rotatable bonds is 5. The fourth-order valence-electron chi connectivity index (χ4n) is 3.40. The van der Waals surface area contributed by atoms with Gasteiger partial charge in [-0.25, -0.2) is 8.42 Å². The van der Waals surface area contributed by atoms with Crippen LogP contribution in [0.15, 0.2) is 53.4 Å². The van der Waals surface area contributed by atoms with E-state index in [0.717, 1.165) is 16.7 Å². The SMILES string of the molecule is CC(C)N1Cc2ccc(S(=O)(=O)N(C)C(C)c3ccccc3)cc2CC1=O. The fraction of sp³-hybridized carbons (Fsp3) is 0.381. The Morgan fingerprint density at radius 2 is 1.67 bits per heavy atom. The van der Waals surface area contributed by atoms with E-state index in [4.69, 9.17) is 0 Å². The largest absolute Gasteiger partial charge is 0.336 e. The van der Waals surface area contributed by atoms with Gasteiger partial charge < -0.3 is 4.90 Å². The van der Waals surface area contributed by atoms with E-state index in [9.17, 15) is 13.2 Å². The van der Waals surface area contributed by atoms with Crippen LogP contribution in [0, 0.1) is 0 Å². The molecule has 1 atom stereocenters. The van der Waals surface area contributed by atoms with Gasteiger partial charge in [0.15, 0.2) is 0 Å². The van der Waals surface area contributed by atoms with Crippen LogP contribution in [0.1, 0.15) is 43.5 Å². The van der Waals surface area contributed by atoms with Gasteiger partial charge in [-0.05, 0) is 49.6 Å². The first-order valence-corrected chi connectivity index (χ1v) is 10.6. The van der Waals surface area contributed by atoms with E-state index >= 15 is 0 Å². The van der Waals surface area contributed by atoms with Crippen molar-refractivity contribution < 1.29 is 13.2 Å². The molecule has 5 nitrogen and oxygen atoms in total. The summed E-state index contributed by atoms with van der Waals surface area (Å²) >= 11 is 0. The van der Waals surface area contributed by atoms with E-state index in [0.29, 0.717) is 6.54 Å². The highest BCUT2D eigenvalue weighted by molar-refractivity contribution is 7.89. The predicted molar refractivity (Wildman–Crippen MR) is 106 cm³/mol. The number of carbonyl (C=O) groups is 1. The van der Waals surface area contributed by atoms with Gasteiger partial charge >= 0.3 is 0 Å². The van der Waals surface area contributed by atoms with Gasteiger partial charge in [0, 0.05) is 25.7 Å². The molecule has 0 aromatic heterocycles. The molecule has 27 heavy (non-hydrogen) atoms. The molecule has 2 aromatic rings. The maximum Gasteiger partial charge on any atom is 0.243 e. The monoisotopic (exact) mass is 386 g/mol. The quantitative estimate of drug-likeness (QED) is 0.792. The lowest BCUT2D eigenvalue weighted by Gasteiger charge is -2.32. The summed E-state index contributed by atoms with van der Waals surface area (Å²) in [5.74, 6) is 0.0399. The molecule has 1 heterocycles. The molecule has 144 valence electrons. The van der Waals surface area contributed by atoms with Gasteiger partial charge in [0.2, 0.25) is 15.9 Å². The topological polar surface area (TPSA) is 57.7 Å². The Morgan fingerprint density at radius 3 is 2.30 bits per heavy atom. The average molecular weight is 387 g/mol. The molecule has 0 N–H and O–H groups in total. The van der Waals surface area contributed by atoms with E-state index < -0.39 is 10.0 Å². The molecule has 0 saturated heterocycles. The second-order valence-electron chi connectivity index (χ2n) is 7.33. The Labute approximate surface area is 161 Å². The molecular formula is C21H26N2O3S. The summed E-state index contributed by atoms with van der Waals surface area (Å²) in [4.78, 5) is 14.4. The number of carbonyl (C=O) groups excluding carboxylic acids is 1. The van der Waals surface area contributed by atoms with Crippen molar-refractivity contribution in [3.8, 4) is 0 Å². The van der Waals surface area contributed by atoms with Crippen molar-refractivity contribution in [3.63, 3.8) is 0 Å². The molecule has 0 bridgehead atoms. The Morgan fingerprint density at radius 1 is 1.00 bits per heavy atom. The van der Waals surface area contributed by atoms with Crippen molar-refractivity contribution in [3.05, 3.63) is 65.2 Å². The summed E-state index contributed by atoms with van der Waals surface area (Å²) in [6.45, 7) is 6.38. The van der Waals surface area contributed by atoms with Crippen LogP contribution >= 0.6 is 0 Å². The number of nitrogens with zero attached hydrogens (tertiary/aromatic N) is 2. The van der Waals surface area contributed by atoms with E-state index in [1.165, 1.54) is 4.31 Å². The summed E-state index contributed by atoms with van der Waals surface area (Å²) in [6.07, 6.45) is 0.245. The second-order valence-corrected chi connectivity index (χ2v) is 9.33. The van der Waals surface area contributed by atoms with Gasteiger partial charge in [-0.3, -0.25) is 4.79 Å². The van der Waals surface area contributed by atoms with Crippen molar-refractivity contribution in [1.82, 2.24) is 9.21 Å². The molecule has 0 aliphatic carbocycles. The van der Waals surface area contributed by atoms with Crippen LogP contribution in [-0.2, 0) is 27.8 Å². The normalized spacial score (nSPS) is 15.9. The highest BCUT2D eigenvalue weighted by atomic mass is 32.2. The lowest BCUT2D eigenvalue weighted by atomic mass is 9.98. The third-order valence-electron chi connectivity index (χ3n) is 5.31. The van der Waals surface area contributed by atoms with Crippen molar-refractivity contribution in [2.75, 3.05) is 7.05 Å². The minimum Gasteiger partial charge on any atom is -0.336 e. The van der Waals surface area contributed by atoms with E-state index in [-0.39, 0.29) is 29.3 Å². The highest BCUT2D eigenvalue weighted by Gasteiger charge is 2.29. The van der Waals surface area contributed by atoms with Crippen molar-refractivity contribution in [1.29, 1.82) is 0 Å². The van der Waals surface area contributed by atoms with Crippen LogP contribution in [0.2, 0.25) is 0 Å². The fourth-order valence-corrected chi connectivity index (χ4v) is 4.81. The number of benzene rings is 2. The Hall–Kier alpha value is -2.18. The summed E-state index contributed by atoms with van der Waals surface area (Å²) in [5.41, 5.74) is 2.75. The van der Waals surface area contributed by atoms with Crippen LogP contribution in [0.4, 0.5) is 0 Å². The van der Waals surface area contributed by atoms with Crippen molar-refractivity contribution >= 4 is 15.9 Å². The summed E-state index contributed by atoms with van der Waals surface area (Å²) in [6, 6.07) is 14.5. The Kier molecular flexibility index (Phi) is 5.40. The average Bonchev–Trinajstić information content (AvgIpc) is 2.66. The van der Waals surface area contributed by atoms with Gasteiger partial charge in [0.25, 0.3) is 0 Å². The van der Waals surface area contributed by atoms with Crippen LogP contribution in [0.25, 0.3) is 0 Å². The zero-order chi connectivity index (χ0) is 19.8. The van der Waals surface area contributed by atoms with E-state index in [1.54, 1.807) is 19.2 Å². The zero-order valence-electron chi connectivity index (χ0n) is 16.2. The molecule has 1 aliphatic rings. The molecule has 1 unspecified atom stereocenters. The van der Waals surface area contributed by atoms with Crippen molar-refractivity contribution in [2.24, 2.45) is 0 Å². The van der Waals surface area contributed by atoms with Crippen molar-refractivity contribution in [2.45, 2.75) is 50.7 Å². The molecule has 6 heteroatoms. The summed E-state index contributed by atoms with van der Waals surface area (Å²) < 4.78 is 27.6. The molecule has 2 aromatic carbocycles. The lowest BCUT2D eigenvalue weighted by Crippen LogP contribution is -2.40. The summed E-state index contributed by atoms with van der Waals surface area (Å²) in [7, 11) is -2.06. The number of fused-ring (bicyclic) bond motifs is 1. The number of amides is 1. The third-order valence-corrected chi connectivity index (χ3v) is 7.23. The highest BCUT2D eigenvalue weighted by Crippen LogP contribution is 2.29. The van der Waals surface area contributed by atoms with Gasteiger partial charge in [-0.2, -0.15) is 4.31 Å². The molecular weight excluding hydrogens is 360 g/mol. The Bertz CT molecular complexity index is 939. The maximum absolute atomic E-state index is 13.1. The molecule has 0 spiro atoms. The molecule has 3 rings (SSSR count). The van der Waals surface area contributed by atoms with Crippen LogP contribution < -0.4 is 0 Å². The number of hydrogen-bond donors (Lipinski definition) is 0. The first-order chi connectivity index (χ1) is 12.7. The zero-order valence-corrected chi connectivity index (χ0v) is 17.0.